The maximum Gasteiger partial charge on any atom is 0.269 e. The van der Waals surface area contributed by atoms with Gasteiger partial charge in [0, 0.05) is 23.4 Å². The van der Waals surface area contributed by atoms with Crippen molar-refractivity contribution < 1.29 is 9.72 Å². The summed E-state index contributed by atoms with van der Waals surface area (Å²) in [6.07, 6.45) is 1.57. The highest BCUT2D eigenvalue weighted by Crippen LogP contribution is 2.18. The van der Waals surface area contributed by atoms with Gasteiger partial charge in [-0.05, 0) is 29.8 Å². The third-order valence-corrected chi connectivity index (χ3v) is 3.37. The Labute approximate surface area is 136 Å². The largest absolute Gasteiger partial charge is 0.326 e. The summed E-state index contributed by atoms with van der Waals surface area (Å²) in [5, 5.41) is 19.9. The fourth-order valence-electron chi connectivity index (χ4n) is 2.18. The van der Waals surface area contributed by atoms with Gasteiger partial charge in [-0.25, -0.2) is 4.98 Å². The summed E-state index contributed by atoms with van der Waals surface area (Å²) in [5.41, 5.74) is 2.23. The van der Waals surface area contributed by atoms with Gasteiger partial charge in [0.2, 0.25) is 5.91 Å². The van der Waals surface area contributed by atoms with E-state index >= 15 is 0 Å². The van der Waals surface area contributed by atoms with Crippen LogP contribution in [0.15, 0.2) is 54.9 Å². The molecule has 0 saturated heterocycles. The summed E-state index contributed by atoms with van der Waals surface area (Å²) in [5.74, 6) is 0.454. The molecule has 24 heavy (non-hydrogen) atoms. The number of amides is 1. The van der Waals surface area contributed by atoms with E-state index in [1.165, 1.54) is 18.5 Å². The summed E-state index contributed by atoms with van der Waals surface area (Å²) in [6.45, 7) is 0. The topological polar surface area (TPSA) is 114 Å². The molecule has 0 spiro atoms. The highest BCUT2D eigenvalue weighted by Gasteiger charge is 2.08. The summed E-state index contributed by atoms with van der Waals surface area (Å²) in [4.78, 5) is 26.2. The minimum Gasteiger partial charge on any atom is -0.326 e. The van der Waals surface area contributed by atoms with Crippen molar-refractivity contribution in [2.24, 2.45) is 0 Å². The van der Waals surface area contributed by atoms with E-state index in [9.17, 15) is 14.9 Å². The molecular formula is C16H13N5O3. The Kier molecular flexibility index (Phi) is 4.28. The summed E-state index contributed by atoms with van der Waals surface area (Å²) >= 11 is 0. The van der Waals surface area contributed by atoms with E-state index in [-0.39, 0.29) is 18.0 Å². The second-order valence-corrected chi connectivity index (χ2v) is 5.06. The standard InChI is InChI=1S/C16H13N5O3/c22-15(9-11-1-7-14(8-2-11)21(23)24)19-13-5-3-12(4-6-13)16-17-10-18-20-16/h1-8,10H,9H2,(H,19,22)(H,17,18,20). The number of non-ortho nitro benzene ring substituents is 1. The average molecular weight is 323 g/mol. The van der Waals surface area contributed by atoms with Gasteiger partial charge in [0.25, 0.3) is 5.69 Å². The van der Waals surface area contributed by atoms with Crippen molar-refractivity contribution in [1.29, 1.82) is 0 Å². The van der Waals surface area contributed by atoms with Gasteiger partial charge < -0.3 is 5.32 Å². The Bertz CT molecular complexity index is 842. The molecule has 0 aliphatic heterocycles. The van der Waals surface area contributed by atoms with E-state index in [0.29, 0.717) is 17.1 Å². The first-order chi connectivity index (χ1) is 11.6. The van der Waals surface area contributed by atoms with Crippen molar-refractivity contribution >= 4 is 17.3 Å². The summed E-state index contributed by atoms with van der Waals surface area (Å²) < 4.78 is 0. The van der Waals surface area contributed by atoms with Crippen LogP contribution in [0.4, 0.5) is 11.4 Å². The van der Waals surface area contributed by atoms with Crippen LogP contribution in [0.1, 0.15) is 5.56 Å². The summed E-state index contributed by atoms with van der Waals surface area (Å²) in [7, 11) is 0. The Hall–Kier alpha value is -3.55. The van der Waals surface area contributed by atoms with Crippen LogP contribution in [0.25, 0.3) is 11.4 Å². The Morgan fingerprint density at radius 2 is 1.83 bits per heavy atom. The zero-order valence-corrected chi connectivity index (χ0v) is 12.5. The number of H-pyrrole nitrogens is 1. The van der Waals surface area contributed by atoms with Gasteiger partial charge in [-0.2, -0.15) is 5.10 Å². The van der Waals surface area contributed by atoms with Gasteiger partial charge in [0.1, 0.15) is 6.33 Å². The van der Waals surface area contributed by atoms with Crippen molar-refractivity contribution in [2.45, 2.75) is 6.42 Å². The molecule has 8 nitrogen and oxygen atoms in total. The molecule has 2 N–H and O–H groups in total. The smallest absolute Gasteiger partial charge is 0.269 e. The lowest BCUT2D eigenvalue weighted by Crippen LogP contribution is -2.14. The van der Waals surface area contributed by atoms with Crippen molar-refractivity contribution in [3.05, 3.63) is 70.5 Å². The van der Waals surface area contributed by atoms with Crippen LogP contribution in [0.2, 0.25) is 0 Å². The second-order valence-electron chi connectivity index (χ2n) is 5.06. The number of nitro groups is 1. The molecule has 3 rings (SSSR count). The summed E-state index contributed by atoms with van der Waals surface area (Å²) in [6, 6.07) is 13.1. The molecule has 1 heterocycles. The van der Waals surface area contributed by atoms with Crippen molar-refractivity contribution in [1.82, 2.24) is 15.2 Å². The number of nitro benzene ring substituents is 1. The van der Waals surface area contributed by atoms with Crippen LogP contribution in [0, 0.1) is 10.1 Å². The third kappa shape index (κ3) is 3.61. The number of benzene rings is 2. The zero-order chi connectivity index (χ0) is 16.9. The molecule has 8 heteroatoms. The maximum atomic E-state index is 12.0. The predicted molar refractivity (Wildman–Crippen MR) is 87.2 cm³/mol. The quantitative estimate of drug-likeness (QED) is 0.553. The highest BCUT2D eigenvalue weighted by molar-refractivity contribution is 5.92. The molecule has 0 radical (unpaired) electrons. The number of hydrogen-bond donors (Lipinski definition) is 2. The number of aromatic nitrogens is 3. The van der Waals surface area contributed by atoms with E-state index < -0.39 is 4.92 Å². The van der Waals surface area contributed by atoms with Crippen LogP contribution in [0.3, 0.4) is 0 Å². The number of carbonyl (C=O) groups excluding carboxylic acids is 1. The zero-order valence-electron chi connectivity index (χ0n) is 12.5. The number of carbonyl (C=O) groups is 1. The normalized spacial score (nSPS) is 10.3. The van der Waals surface area contributed by atoms with E-state index in [0.717, 1.165) is 5.56 Å². The van der Waals surface area contributed by atoms with Gasteiger partial charge in [-0.3, -0.25) is 20.0 Å². The lowest BCUT2D eigenvalue weighted by Gasteiger charge is -2.06. The minimum absolute atomic E-state index is 0.00200. The monoisotopic (exact) mass is 323 g/mol. The molecular weight excluding hydrogens is 310 g/mol. The predicted octanol–water partition coefficient (Wildman–Crippen LogP) is 2.56. The molecule has 0 aliphatic rings. The highest BCUT2D eigenvalue weighted by atomic mass is 16.6. The number of nitrogens with zero attached hydrogens (tertiary/aromatic N) is 3. The van der Waals surface area contributed by atoms with Crippen molar-refractivity contribution in [3.8, 4) is 11.4 Å². The minimum atomic E-state index is -0.472. The van der Waals surface area contributed by atoms with Crippen LogP contribution < -0.4 is 5.32 Å². The Morgan fingerprint density at radius 1 is 1.12 bits per heavy atom. The number of anilines is 1. The first-order valence-corrected chi connectivity index (χ1v) is 7.11. The van der Waals surface area contributed by atoms with Crippen LogP contribution in [0.5, 0.6) is 0 Å². The first-order valence-electron chi connectivity index (χ1n) is 7.11. The molecule has 1 amide bonds. The molecule has 0 saturated carbocycles. The number of aromatic amines is 1. The second kappa shape index (κ2) is 6.69. The molecule has 0 atom stereocenters. The van der Waals surface area contributed by atoms with Gasteiger partial charge in [0.15, 0.2) is 5.82 Å². The van der Waals surface area contributed by atoms with Gasteiger partial charge in [-0.15, -0.1) is 0 Å². The molecule has 120 valence electrons. The van der Waals surface area contributed by atoms with Crippen molar-refractivity contribution in [3.63, 3.8) is 0 Å². The lowest BCUT2D eigenvalue weighted by molar-refractivity contribution is -0.384. The van der Waals surface area contributed by atoms with Crippen LogP contribution in [-0.2, 0) is 11.2 Å². The molecule has 3 aromatic rings. The fourth-order valence-corrected chi connectivity index (χ4v) is 2.18. The average Bonchev–Trinajstić information content (AvgIpc) is 3.10. The van der Waals surface area contributed by atoms with E-state index in [2.05, 4.69) is 20.5 Å². The molecule has 0 unspecified atom stereocenters. The SMILES string of the molecule is O=C(Cc1ccc([N+](=O)[O-])cc1)Nc1ccc(-c2ncn[nH]2)cc1. The molecule has 0 aliphatic carbocycles. The number of nitrogens with one attached hydrogen (secondary N) is 2. The number of rotatable bonds is 5. The molecule has 1 aromatic heterocycles. The van der Waals surface area contributed by atoms with E-state index in [4.69, 9.17) is 0 Å². The van der Waals surface area contributed by atoms with Crippen LogP contribution >= 0.6 is 0 Å². The maximum absolute atomic E-state index is 12.0. The first kappa shape index (κ1) is 15.3. The lowest BCUT2D eigenvalue weighted by atomic mass is 10.1. The van der Waals surface area contributed by atoms with Crippen molar-refractivity contribution in [2.75, 3.05) is 5.32 Å². The molecule has 0 fully saturated rings. The van der Waals surface area contributed by atoms with Crippen LogP contribution in [-0.4, -0.2) is 26.0 Å². The number of hydrogen-bond acceptors (Lipinski definition) is 5. The molecule has 2 aromatic carbocycles. The van der Waals surface area contributed by atoms with Gasteiger partial charge >= 0.3 is 0 Å². The van der Waals surface area contributed by atoms with Gasteiger partial charge in [-0.1, -0.05) is 12.1 Å². The third-order valence-electron chi connectivity index (χ3n) is 3.37. The van der Waals surface area contributed by atoms with Gasteiger partial charge in [0.05, 0.1) is 11.3 Å². The fraction of sp³-hybridized carbons (Fsp3) is 0.0625. The Balaban J connectivity index is 1.61. The molecule has 0 bridgehead atoms. The van der Waals surface area contributed by atoms with E-state index in [1.54, 1.807) is 24.3 Å². The van der Waals surface area contributed by atoms with E-state index in [1.807, 2.05) is 12.1 Å². The Morgan fingerprint density at radius 3 is 2.42 bits per heavy atom.